The molecule has 9 heteroatoms. The average molecular weight is 460 g/mol. The van der Waals surface area contributed by atoms with Gasteiger partial charge in [0.15, 0.2) is 17.9 Å². The molecule has 0 atom stereocenters. The van der Waals surface area contributed by atoms with Gasteiger partial charge in [0.1, 0.15) is 17.0 Å². The highest BCUT2D eigenvalue weighted by Gasteiger charge is 2.27. The van der Waals surface area contributed by atoms with E-state index in [4.69, 9.17) is 10.2 Å². The smallest absolute Gasteiger partial charge is 0.171 e. The van der Waals surface area contributed by atoms with Crippen molar-refractivity contribution in [3.63, 3.8) is 0 Å². The molecule has 2 heterocycles. The standard InChI is InChI=1S/C25H29N7O2/c1-15-6-11-21-19(12-15)16(2)24(34-21)23-22(25(26)29-27-3)20(13-33)30-32(23)18-9-7-17(8-10-18)28-14-31(4)5/h6-13,27-28H,14H2,1-5H3,(H2,26,29). The summed E-state index contributed by atoms with van der Waals surface area (Å²) in [7, 11) is 5.63. The van der Waals surface area contributed by atoms with Crippen molar-refractivity contribution in [2.45, 2.75) is 13.8 Å². The maximum Gasteiger partial charge on any atom is 0.171 e. The summed E-state index contributed by atoms with van der Waals surface area (Å²) in [5.41, 5.74) is 14.7. The van der Waals surface area contributed by atoms with E-state index in [0.29, 0.717) is 30.0 Å². The van der Waals surface area contributed by atoms with Gasteiger partial charge in [0.2, 0.25) is 0 Å². The van der Waals surface area contributed by atoms with Crippen molar-refractivity contribution in [1.29, 1.82) is 0 Å². The number of amidine groups is 1. The quantitative estimate of drug-likeness (QED) is 0.122. The van der Waals surface area contributed by atoms with E-state index in [0.717, 1.165) is 33.5 Å². The van der Waals surface area contributed by atoms with Gasteiger partial charge >= 0.3 is 0 Å². The van der Waals surface area contributed by atoms with Gasteiger partial charge in [-0.2, -0.15) is 10.2 Å². The lowest BCUT2D eigenvalue weighted by Crippen LogP contribution is -2.20. The van der Waals surface area contributed by atoms with Gasteiger partial charge in [0.25, 0.3) is 0 Å². The minimum absolute atomic E-state index is 0.145. The first kappa shape index (κ1) is 23.1. The summed E-state index contributed by atoms with van der Waals surface area (Å²) in [6.45, 7) is 4.73. The number of aromatic nitrogens is 2. The van der Waals surface area contributed by atoms with E-state index in [9.17, 15) is 4.79 Å². The zero-order valence-corrected chi connectivity index (χ0v) is 20.0. The maximum atomic E-state index is 12.0. The third kappa shape index (κ3) is 4.25. The highest BCUT2D eigenvalue weighted by Crippen LogP contribution is 2.37. The maximum absolute atomic E-state index is 12.0. The second-order valence-corrected chi connectivity index (χ2v) is 8.38. The lowest BCUT2D eigenvalue weighted by Gasteiger charge is -2.13. The topological polar surface area (TPSA) is 114 Å². The number of aryl methyl sites for hydroxylation is 2. The minimum Gasteiger partial charge on any atom is -0.454 e. The number of nitrogens with one attached hydrogen (secondary N) is 2. The summed E-state index contributed by atoms with van der Waals surface area (Å²) in [6, 6.07) is 13.8. The molecular formula is C25H29N7O2. The first-order chi connectivity index (χ1) is 16.3. The monoisotopic (exact) mass is 459 g/mol. The number of benzene rings is 2. The number of furan rings is 1. The molecule has 0 aliphatic rings. The van der Waals surface area contributed by atoms with Crippen LogP contribution in [0.15, 0.2) is 52.0 Å². The predicted molar refractivity (Wildman–Crippen MR) is 136 cm³/mol. The van der Waals surface area contributed by atoms with E-state index in [1.165, 1.54) is 0 Å². The highest BCUT2D eigenvalue weighted by molar-refractivity contribution is 6.08. The van der Waals surface area contributed by atoms with Gasteiger partial charge in [-0.05, 0) is 64.3 Å². The number of hydrazone groups is 1. The Labute approximate surface area is 198 Å². The van der Waals surface area contributed by atoms with Crippen LogP contribution < -0.4 is 16.5 Å². The lowest BCUT2D eigenvalue weighted by molar-refractivity contribution is 0.111. The molecule has 2 aromatic heterocycles. The molecule has 2 aromatic carbocycles. The Hall–Kier alpha value is -4.11. The molecule has 0 aliphatic carbocycles. The van der Waals surface area contributed by atoms with Crippen LogP contribution in [0, 0.1) is 13.8 Å². The number of hydrogen-bond acceptors (Lipinski definition) is 7. The summed E-state index contributed by atoms with van der Waals surface area (Å²) < 4.78 is 7.98. The normalized spacial score (nSPS) is 11.9. The molecule has 0 saturated heterocycles. The lowest BCUT2D eigenvalue weighted by atomic mass is 10.0. The number of hydrogen-bond donors (Lipinski definition) is 3. The second kappa shape index (κ2) is 9.40. The molecule has 0 spiro atoms. The van der Waals surface area contributed by atoms with Gasteiger partial charge in [-0.1, -0.05) is 11.6 Å². The van der Waals surface area contributed by atoms with E-state index in [1.807, 2.05) is 69.2 Å². The molecule has 0 aliphatic heterocycles. The molecule has 0 amide bonds. The summed E-state index contributed by atoms with van der Waals surface area (Å²) in [4.78, 5) is 14.1. The van der Waals surface area contributed by atoms with Gasteiger partial charge < -0.3 is 20.9 Å². The molecule has 0 bridgehead atoms. The van der Waals surface area contributed by atoms with Crippen molar-refractivity contribution in [1.82, 2.24) is 20.1 Å². The van der Waals surface area contributed by atoms with Crippen molar-refractivity contribution >= 4 is 28.8 Å². The van der Waals surface area contributed by atoms with Crippen molar-refractivity contribution in [2.75, 3.05) is 33.1 Å². The van der Waals surface area contributed by atoms with Crippen LogP contribution in [-0.4, -0.2) is 54.6 Å². The Balaban J connectivity index is 1.94. The minimum atomic E-state index is 0.145. The third-order valence-electron chi connectivity index (χ3n) is 5.53. The Kier molecular flexibility index (Phi) is 6.38. The SMILES string of the molecule is CN/N=C(/N)c1c(C=O)nn(-c2ccc(NCN(C)C)cc2)c1-c1oc2ccc(C)cc2c1C. The fourth-order valence-corrected chi connectivity index (χ4v) is 3.87. The average Bonchev–Trinajstić information content (AvgIpc) is 3.36. The van der Waals surface area contributed by atoms with Crippen LogP contribution in [0.3, 0.4) is 0 Å². The number of nitrogens with zero attached hydrogens (tertiary/aromatic N) is 4. The molecule has 4 aromatic rings. The van der Waals surface area contributed by atoms with Gasteiger partial charge in [-0.25, -0.2) is 4.68 Å². The van der Waals surface area contributed by atoms with Crippen LogP contribution in [-0.2, 0) is 0 Å². The molecule has 4 rings (SSSR count). The van der Waals surface area contributed by atoms with E-state index >= 15 is 0 Å². The molecular weight excluding hydrogens is 430 g/mol. The zero-order valence-electron chi connectivity index (χ0n) is 20.0. The molecule has 34 heavy (non-hydrogen) atoms. The Bertz CT molecular complexity index is 1360. The molecule has 0 fully saturated rings. The summed E-state index contributed by atoms with van der Waals surface area (Å²) in [5, 5.41) is 13.0. The Morgan fingerprint density at radius 1 is 1.21 bits per heavy atom. The van der Waals surface area contributed by atoms with E-state index in [2.05, 4.69) is 27.0 Å². The molecule has 176 valence electrons. The fourth-order valence-electron chi connectivity index (χ4n) is 3.87. The van der Waals surface area contributed by atoms with Gasteiger partial charge in [-0.3, -0.25) is 9.69 Å². The number of aldehydes is 1. The molecule has 4 N–H and O–H groups in total. The van der Waals surface area contributed by atoms with Gasteiger partial charge in [-0.15, -0.1) is 0 Å². The van der Waals surface area contributed by atoms with Crippen LogP contribution >= 0.6 is 0 Å². The summed E-state index contributed by atoms with van der Waals surface area (Å²) >= 11 is 0. The van der Waals surface area contributed by atoms with Gasteiger partial charge in [0.05, 0.1) is 17.9 Å². The molecule has 0 unspecified atom stereocenters. The number of anilines is 1. The van der Waals surface area contributed by atoms with E-state index in [-0.39, 0.29) is 11.5 Å². The molecule has 9 nitrogen and oxygen atoms in total. The van der Waals surface area contributed by atoms with E-state index in [1.54, 1.807) is 11.7 Å². The highest BCUT2D eigenvalue weighted by atomic mass is 16.3. The first-order valence-corrected chi connectivity index (χ1v) is 10.9. The van der Waals surface area contributed by atoms with Gasteiger partial charge in [0, 0.05) is 23.7 Å². The second-order valence-electron chi connectivity index (χ2n) is 8.38. The van der Waals surface area contributed by atoms with E-state index < -0.39 is 0 Å². The fraction of sp³-hybridized carbons (Fsp3) is 0.240. The van der Waals surface area contributed by atoms with Crippen LogP contribution in [0.4, 0.5) is 5.69 Å². The van der Waals surface area contributed by atoms with Crippen molar-refractivity contribution in [2.24, 2.45) is 10.8 Å². The van der Waals surface area contributed by atoms with Crippen LogP contribution in [0.1, 0.15) is 27.2 Å². The Morgan fingerprint density at radius 2 is 1.94 bits per heavy atom. The molecule has 0 radical (unpaired) electrons. The number of carbonyl (C=O) groups excluding carboxylic acids is 1. The number of fused-ring (bicyclic) bond motifs is 1. The zero-order chi connectivity index (χ0) is 24.4. The number of nitrogens with two attached hydrogens (primary N) is 1. The van der Waals surface area contributed by atoms with Crippen LogP contribution in [0.5, 0.6) is 0 Å². The van der Waals surface area contributed by atoms with Crippen molar-refractivity contribution in [3.8, 4) is 17.1 Å². The first-order valence-electron chi connectivity index (χ1n) is 10.9. The number of carbonyl (C=O) groups is 1. The molecule has 0 saturated carbocycles. The Morgan fingerprint density at radius 3 is 2.59 bits per heavy atom. The van der Waals surface area contributed by atoms with Crippen molar-refractivity contribution in [3.05, 3.63) is 64.8 Å². The third-order valence-corrected chi connectivity index (χ3v) is 5.53. The number of rotatable bonds is 8. The van der Waals surface area contributed by atoms with Crippen LogP contribution in [0.2, 0.25) is 0 Å². The largest absolute Gasteiger partial charge is 0.454 e. The van der Waals surface area contributed by atoms with Crippen molar-refractivity contribution < 1.29 is 9.21 Å². The van der Waals surface area contributed by atoms with Crippen LogP contribution in [0.25, 0.3) is 28.1 Å². The summed E-state index contributed by atoms with van der Waals surface area (Å²) in [6.07, 6.45) is 0.683. The summed E-state index contributed by atoms with van der Waals surface area (Å²) in [5.74, 6) is 0.728. The predicted octanol–water partition coefficient (Wildman–Crippen LogP) is 3.49.